The number of ether oxygens (including phenoxy) is 1. The minimum Gasteiger partial charge on any atom is -0.378 e. The molecule has 1 aromatic heterocycles. The van der Waals surface area contributed by atoms with Gasteiger partial charge in [0.25, 0.3) is 5.56 Å². The van der Waals surface area contributed by atoms with Crippen LogP contribution in [-0.2, 0) is 4.74 Å². The molecule has 2 aromatic rings. The summed E-state index contributed by atoms with van der Waals surface area (Å²) in [6.07, 6.45) is 6.81. The molecule has 0 bridgehead atoms. The van der Waals surface area contributed by atoms with Crippen molar-refractivity contribution >= 4 is 11.6 Å². The quantitative estimate of drug-likeness (QED) is 0.771. The van der Waals surface area contributed by atoms with Crippen LogP contribution in [0.15, 0.2) is 41.3 Å². The van der Waals surface area contributed by atoms with E-state index in [4.69, 9.17) is 4.74 Å². The predicted octanol–water partition coefficient (Wildman–Crippen LogP) is 2.13. The van der Waals surface area contributed by atoms with E-state index in [1.54, 1.807) is 10.8 Å². The average Bonchev–Trinajstić information content (AvgIpc) is 3.35. The fourth-order valence-electron chi connectivity index (χ4n) is 5.04. The minimum absolute atomic E-state index is 0.0503. The lowest BCUT2D eigenvalue weighted by atomic mass is 10.0. The highest BCUT2D eigenvalue weighted by Crippen LogP contribution is 2.26. The van der Waals surface area contributed by atoms with Gasteiger partial charge < -0.3 is 19.4 Å². The molecule has 0 N–H and O–H groups in total. The van der Waals surface area contributed by atoms with Gasteiger partial charge in [0, 0.05) is 50.2 Å². The summed E-state index contributed by atoms with van der Waals surface area (Å²) >= 11 is 0. The van der Waals surface area contributed by atoms with Gasteiger partial charge in [-0.3, -0.25) is 4.79 Å². The summed E-state index contributed by atoms with van der Waals surface area (Å²) in [4.78, 5) is 24.5. The number of rotatable bonds is 4. The van der Waals surface area contributed by atoms with Crippen molar-refractivity contribution in [3.63, 3.8) is 0 Å². The topological polar surface area (TPSA) is 53.8 Å². The Balaban J connectivity index is 1.32. The maximum absolute atomic E-state index is 12.7. The molecule has 0 unspecified atom stereocenters. The SMILES string of the molecule is O=c1ccnc(N2CCOCC2)n1-c1ccc(N2CCC(N3CCCC3)CC2)cc1. The Labute approximate surface area is 177 Å². The Bertz CT molecular complexity index is 893. The molecule has 1 aromatic carbocycles. The molecule has 30 heavy (non-hydrogen) atoms. The van der Waals surface area contributed by atoms with Crippen LogP contribution in [0.1, 0.15) is 25.7 Å². The van der Waals surface area contributed by atoms with Crippen molar-refractivity contribution in [1.82, 2.24) is 14.5 Å². The largest absolute Gasteiger partial charge is 0.378 e. The number of piperidine rings is 1. The van der Waals surface area contributed by atoms with Crippen molar-refractivity contribution < 1.29 is 4.74 Å². The minimum atomic E-state index is -0.0503. The molecule has 160 valence electrons. The monoisotopic (exact) mass is 409 g/mol. The number of anilines is 2. The van der Waals surface area contributed by atoms with Crippen LogP contribution in [0.25, 0.3) is 5.69 Å². The molecule has 0 amide bonds. The number of hydrogen-bond acceptors (Lipinski definition) is 6. The number of aromatic nitrogens is 2. The van der Waals surface area contributed by atoms with Gasteiger partial charge in [-0.15, -0.1) is 0 Å². The van der Waals surface area contributed by atoms with Crippen molar-refractivity contribution in [3.05, 3.63) is 46.9 Å². The van der Waals surface area contributed by atoms with Gasteiger partial charge >= 0.3 is 0 Å². The van der Waals surface area contributed by atoms with Gasteiger partial charge in [-0.2, -0.15) is 0 Å². The second-order valence-corrected chi connectivity index (χ2v) is 8.50. The van der Waals surface area contributed by atoms with Crippen LogP contribution in [0.5, 0.6) is 0 Å². The van der Waals surface area contributed by atoms with Crippen molar-refractivity contribution in [1.29, 1.82) is 0 Å². The Morgan fingerprint density at radius 1 is 0.800 bits per heavy atom. The summed E-state index contributed by atoms with van der Waals surface area (Å²) in [5, 5.41) is 0. The third-order valence-corrected chi connectivity index (χ3v) is 6.72. The molecular weight excluding hydrogens is 378 g/mol. The van der Waals surface area contributed by atoms with Crippen molar-refractivity contribution in [3.8, 4) is 5.69 Å². The predicted molar refractivity (Wildman–Crippen MR) is 119 cm³/mol. The van der Waals surface area contributed by atoms with Gasteiger partial charge in [0.15, 0.2) is 0 Å². The zero-order valence-corrected chi connectivity index (χ0v) is 17.6. The van der Waals surface area contributed by atoms with Crippen molar-refractivity contribution in [2.75, 3.05) is 62.3 Å². The molecule has 0 spiro atoms. The van der Waals surface area contributed by atoms with Crippen LogP contribution >= 0.6 is 0 Å². The van der Waals surface area contributed by atoms with Crippen LogP contribution in [0.4, 0.5) is 11.6 Å². The summed E-state index contributed by atoms with van der Waals surface area (Å²) in [5.74, 6) is 0.699. The Hall–Kier alpha value is -2.38. The second-order valence-electron chi connectivity index (χ2n) is 8.50. The van der Waals surface area contributed by atoms with E-state index < -0.39 is 0 Å². The Morgan fingerprint density at radius 3 is 2.17 bits per heavy atom. The van der Waals surface area contributed by atoms with E-state index in [1.807, 2.05) is 0 Å². The third kappa shape index (κ3) is 3.96. The van der Waals surface area contributed by atoms with E-state index >= 15 is 0 Å². The maximum atomic E-state index is 12.7. The maximum Gasteiger partial charge on any atom is 0.259 e. The van der Waals surface area contributed by atoms with E-state index in [9.17, 15) is 4.79 Å². The summed E-state index contributed by atoms with van der Waals surface area (Å²) in [7, 11) is 0. The molecule has 3 fully saturated rings. The van der Waals surface area contributed by atoms with Crippen LogP contribution in [0, 0.1) is 0 Å². The van der Waals surface area contributed by atoms with Crippen LogP contribution in [-0.4, -0.2) is 73.0 Å². The zero-order valence-electron chi connectivity index (χ0n) is 17.6. The van der Waals surface area contributed by atoms with Crippen LogP contribution in [0.2, 0.25) is 0 Å². The molecule has 0 aliphatic carbocycles. The molecular formula is C23H31N5O2. The van der Waals surface area contributed by atoms with Gasteiger partial charge in [-0.05, 0) is 63.0 Å². The normalized spacial score (nSPS) is 21.3. The molecule has 4 heterocycles. The number of hydrogen-bond donors (Lipinski definition) is 0. The lowest BCUT2D eigenvalue weighted by Gasteiger charge is -2.37. The van der Waals surface area contributed by atoms with E-state index in [0.717, 1.165) is 37.9 Å². The summed E-state index contributed by atoms with van der Waals surface area (Å²) in [6, 6.07) is 10.7. The molecule has 7 heteroatoms. The van der Waals surface area contributed by atoms with Gasteiger partial charge in [-0.1, -0.05) is 0 Å². The van der Waals surface area contributed by atoms with Crippen LogP contribution < -0.4 is 15.4 Å². The lowest BCUT2D eigenvalue weighted by molar-refractivity contribution is 0.121. The first kappa shape index (κ1) is 19.6. The van der Waals surface area contributed by atoms with Crippen molar-refractivity contribution in [2.45, 2.75) is 31.7 Å². The van der Waals surface area contributed by atoms with E-state index in [2.05, 4.69) is 43.9 Å². The van der Waals surface area contributed by atoms with Crippen LogP contribution in [0.3, 0.4) is 0 Å². The number of likely N-dealkylation sites (tertiary alicyclic amines) is 1. The van der Waals surface area contributed by atoms with E-state index in [0.29, 0.717) is 19.2 Å². The molecule has 3 aliphatic rings. The Kier molecular flexibility index (Phi) is 5.73. The first-order valence-electron chi connectivity index (χ1n) is 11.3. The highest BCUT2D eigenvalue weighted by atomic mass is 16.5. The average molecular weight is 410 g/mol. The number of nitrogens with zero attached hydrogens (tertiary/aromatic N) is 5. The van der Waals surface area contributed by atoms with Crippen molar-refractivity contribution in [2.24, 2.45) is 0 Å². The summed E-state index contributed by atoms with van der Waals surface area (Å²) in [6.45, 7) is 7.60. The molecule has 3 aliphatic heterocycles. The molecule has 0 saturated carbocycles. The standard InChI is InChI=1S/C23H31N5O2/c29-22-7-10-24-23(27-15-17-30-18-16-27)28(22)21-5-3-19(4-6-21)26-13-8-20(9-14-26)25-11-1-2-12-25/h3-7,10,20H,1-2,8-9,11-18H2. The Morgan fingerprint density at radius 2 is 1.47 bits per heavy atom. The van der Waals surface area contributed by atoms with E-state index in [1.165, 1.54) is 50.5 Å². The lowest BCUT2D eigenvalue weighted by Crippen LogP contribution is -2.43. The fraction of sp³-hybridized carbons (Fsp3) is 0.565. The number of morpholine rings is 1. The first-order valence-corrected chi connectivity index (χ1v) is 11.3. The molecule has 0 atom stereocenters. The fourth-order valence-corrected chi connectivity index (χ4v) is 5.04. The highest BCUT2D eigenvalue weighted by molar-refractivity contribution is 5.53. The van der Waals surface area contributed by atoms with E-state index in [-0.39, 0.29) is 5.56 Å². The first-order chi connectivity index (χ1) is 14.8. The third-order valence-electron chi connectivity index (χ3n) is 6.72. The van der Waals surface area contributed by atoms with Gasteiger partial charge in [0.05, 0.1) is 18.9 Å². The number of benzene rings is 1. The molecule has 3 saturated heterocycles. The molecule has 7 nitrogen and oxygen atoms in total. The summed E-state index contributed by atoms with van der Waals surface area (Å²) < 4.78 is 7.17. The van der Waals surface area contributed by atoms with Gasteiger partial charge in [0.2, 0.25) is 5.95 Å². The second kappa shape index (κ2) is 8.78. The van der Waals surface area contributed by atoms with Gasteiger partial charge in [0.1, 0.15) is 0 Å². The van der Waals surface area contributed by atoms with Gasteiger partial charge in [-0.25, -0.2) is 9.55 Å². The molecule has 5 rings (SSSR count). The molecule has 0 radical (unpaired) electrons. The highest BCUT2D eigenvalue weighted by Gasteiger charge is 2.26. The smallest absolute Gasteiger partial charge is 0.259 e. The summed E-state index contributed by atoms with van der Waals surface area (Å²) in [5.41, 5.74) is 2.06. The zero-order chi connectivity index (χ0) is 20.3.